The molecule has 2 N–H and O–H groups in total. The third kappa shape index (κ3) is 3.74. The molecule has 0 radical (unpaired) electrons. The Labute approximate surface area is 93.0 Å². The number of methoxy groups -OCH3 is 1. The molecular formula is C10H14N2O4. The number of hydrogen-bond donors (Lipinski definition) is 2. The van der Waals surface area contributed by atoms with Gasteiger partial charge in [-0.1, -0.05) is 0 Å². The molecule has 0 unspecified atom stereocenters. The van der Waals surface area contributed by atoms with Crippen LogP contribution >= 0.6 is 0 Å². The molecular weight excluding hydrogens is 212 g/mol. The molecule has 0 aliphatic rings. The zero-order valence-electron chi connectivity index (χ0n) is 9.15. The zero-order valence-corrected chi connectivity index (χ0v) is 9.15. The molecule has 88 valence electrons. The maximum Gasteiger partial charge on any atom is 0.413 e. The van der Waals surface area contributed by atoms with Crippen molar-refractivity contribution in [2.45, 2.75) is 13.0 Å². The van der Waals surface area contributed by atoms with Crippen molar-refractivity contribution in [1.82, 2.24) is 10.6 Å². The smallest absolute Gasteiger partial charge is 0.413 e. The second kappa shape index (κ2) is 5.92. The van der Waals surface area contributed by atoms with Gasteiger partial charge in [-0.25, -0.2) is 4.79 Å². The van der Waals surface area contributed by atoms with Crippen LogP contribution in [0.5, 0.6) is 0 Å². The van der Waals surface area contributed by atoms with Crippen LogP contribution in [0.4, 0.5) is 4.79 Å². The number of imide groups is 1. The first-order valence-corrected chi connectivity index (χ1v) is 4.78. The summed E-state index contributed by atoms with van der Waals surface area (Å²) in [6.07, 6.45) is 0.791. The summed E-state index contributed by atoms with van der Waals surface area (Å²) in [6, 6.07) is 3.47. The van der Waals surface area contributed by atoms with Gasteiger partial charge in [0.15, 0.2) is 0 Å². The molecule has 0 aliphatic carbocycles. The summed E-state index contributed by atoms with van der Waals surface area (Å²) in [5, 5.41) is 4.94. The molecule has 1 aromatic heterocycles. The van der Waals surface area contributed by atoms with E-state index in [-0.39, 0.29) is 12.6 Å². The number of carbonyl (C=O) groups is 2. The lowest BCUT2D eigenvalue weighted by atomic mass is 10.2. The van der Waals surface area contributed by atoms with Crippen molar-refractivity contribution in [3.8, 4) is 0 Å². The highest BCUT2D eigenvalue weighted by Crippen LogP contribution is 2.11. The van der Waals surface area contributed by atoms with Gasteiger partial charge in [0.2, 0.25) is 5.91 Å². The number of amides is 2. The van der Waals surface area contributed by atoms with Crippen molar-refractivity contribution in [3.05, 3.63) is 24.2 Å². The van der Waals surface area contributed by atoms with Gasteiger partial charge in [-0.2, -0.15) is 0 Å². The number of ether oxygens (including phenoxy) is 1. The van der Waals surface area contributed by atoms with E-state index in [0.29, 0.717) is 0 Å². The molecule has 2 amide bonds. The first-order chi connectivity index (χ1) is 7.63. The van der Waals surface area contributed by atoms with Gasteiger partial charge >= 0.3 is 6.09 Å². The molecule has 6 heteroatoms. The van der Waals surface area contributed by atoms with Crippen molar-refractivity contribution in [1.29, 1.82) is 0 Å². The van der Waals surface area contributed by atoms with Crippen molar-refractivity contribution in [2.24, 2.45) is 0 Å². The Bertz CT molecular complexity index is 348. The quantitative estimate of drug-likeness (QED) is 0.794. The third-order valence-corrected chi connectivity index (χ3v) is 1.97. The Morgan fingerprint density at radius 3 is 2.88 bits per heavy atom. The molecule has 0 aliphatic heterocycles. The number of alkyl carbamates (subject to hydrolysis) is 1. The Kier molecular flexibility index (Phi) is 4.53. The van der Waals surface area contributed by atoms with Crippen molar-refractivity contribution in [2.75, 3.05) is 13.7 Å². The summed E-state index contributed by atoms with van der Waals surface area (Å²) in [5.74, 6) is 0.274. The predicted molar refractivity (Wildman–Crippen MR) is 55.7 cm³/mol. The van der Waals surface area contributed by atoms with E-state index in [1.165, 1.54) is 7.11 Å². The summed E-state index contributed by atoms with van der Waals surface area (Å²) >= 11 is 0. The predicted octanol–water partition coefficient (Wildman–Crippen LogP) is 0.813. The Morgan fingerprint density at radius 2 is 2.31 bits per heavy atom. The highest BCUT2D eigenvalue weighted by Gasteiger charge is 2.11. The molecule has 1 aromatic rings. The lowest BCUT2D eigenvalue weighted by Crippen LogP contribution is -2.38. The molecule has 0 saturated heterocycles. The molecule has 0 fully saturated rings. The Hall–Kier alpha value is -1.82. The summed E-state index contributed by atoms with van der Waals surface area (Å²) in [7, 11) is 1.20. The summed E-state index contributed by atoms with van der Waals surface area (Å²) in [5.41, 5.74) is 0. The van der Waals surface area contributed by atoms with Crippen molar-refractivity contribution < 1.29 is 18.7 Å². The van der Waals surface area contributed by atoms with Gasteiger partial charge in [-0.05, 0) is 19.1 Å². The van der Waals surface area contributed by atoms with Gasteiger partial charge in [-0.15, -0.1) is 0 Å². The van der Waals surface area contributed by atoms with Gasteiger partial charge in [0.05, 0.1) is 26.0 Å². The minimum absolute atomic E-state index is 0.0109. The fraction of sp³-hybridized carbons (Fsp3) is 0.400. The van der Waals surface area contributed by atoms with E-state index in [0.717, 1.165) is 5.76 Å². The molecule has 16 heavy (non-hydrogen) atoms. The van der Waals surface area contributed by atoms with E-state index >= 15 is 0 Å². The van der Waals surface area contributed by atoms with Gasteiger partial charge in [-0.3, -0.25) is 15.4 Å². The Morgan fingerprint density at radius 1 is 1.56 bits per heavy atom. The van der Waals surface area contributed by atoms with E-state index in [1.807, 2.05) is 12.2 Å². The largest absolute Gasteiger partial charge is 0.468 e. The minimum atomic E-state index is -0.766. The highest BCUT2D eigenvalue weighted by molar-refractivity contribution is 5.92. The normalized spacial score (nSPS) is 11.9. The van der Waals surface area contributed by atoms with Crippen LogP contribution in [0.2, 0.25) is 0 Å². The molecule has 1 atom stereocenters. The van der Waals surface area contributed by atoms with Gasteiger partial charge < -0.3 is 9.15 Å². The van der Waals surface area contributed by atoms with Crippen LogP contribution in [0.3, 0.4) is 0 Å². The van der Waals surface area contributed by atoms with Crippen molar-refractivity contribution in [3.63, 3.8) is 0 Å². The molecule has 0 bridgehead atoms. The number of nitrogens with one attached hydrogen (secondary N) is 2. The average molecular weight is 226 g/mol. The van der Waals surface area contributed by atoms with Crippen LogP contribution in [0.15, 0.2) is 22.8 Å². The van der Waals surface area contributed by atoms with Crippen LogP contribution < -0.4 is 10.6 Å². The van der Waals surface area contributed by atoms with E-state index in [2.05, 4.69) is 10.1 Å². The molecule has 1 rings (SSSR count). The minimum Gasteiger partial charge on any atom is -0.468 e. The first-order valence-electron chi connectivity index (χ1n) is 4.78. The number of carbonyl (C=O) groups excluding carboxylic acids is 2. The van der Waals surface area contributed by atoms with E-state index < -0.39 is 12.0 Å². The molecule has 0 saturated carbocycles. The van der Waals surface area contributed by atoms with Crippen LogP contribution in [0.1, 0.15) is 18.7 Å². The lowest BCUT2D eigenvalue weighted by Gasteiger charge is -2.10. The van der Waals surface area contributed by atoms with Gasteiger partial charge in [0, 0.05) is 0 Å². The van der Waals surface area contributed by atoms with E-state index in [1.54, 1.807) is 18.4 Å². The fourth-order valence-corrected chi connectivity index (χ4v) is 1.09. The molecule has 1 heterocycles. The van der Waals surface area contributed by atoms with Crippen LogP contribution in [0.25, 0.3) is 0 Å². The van der Waals surface area contributed by atoms with Crippen LogP contribution in [-0.4, -0.2) is 25.7 Å². The second-order valence-corrected chi connectivity index (χ2v) is 3.16. The summed E-state index contributed by atoms with van der Waals surface area (Å²) in [4.78, 5) is 21.9. The zero-order chi connectivity index (χ0) is 12.0. The number of hydrogen-bond acceptors (Lipinski definition) is 5. The summed E-state index contributed by atoms with van der Waals surface area (Å²) in [6.45, 7) is 1.86. The SMILES string of the molecule is COC(=O)NC(=O)CN[C@H](C)c1ccco1. The van der Waals surface area contributed by atoms with Crippen LogP contribution in [-0.2, 0) is 9.53 Å². The average Bonchev–Trinajstić information content (AvgIpc) is 2.79. The monoisotopic (exact) mass is 226 g/mol. The molecule has 0 spiro atoms. The van der Waals surface area contributed by atoms with Gasteiger partial charge in [0.25, 0.3) is 0 Å². The number of furan rings is 1. The fourth-order valence-electron chi connectivity index (χ4n) is 1.09. The first kappa shape index (κ1) is 12.3. The molecule has 6 nitrogen and oxygen atoms in total. The second-order valence-electron chi connectivity index (χ2n) is 3.16. The molecule has 0 aromatic carbocycles. The number of rotatable bonds is 4. The maximum atomic E-state index is 11.2. The van der Waals surface area contributed by atoms with Gasteiger partial charge in [0.1, 0.15) is 5.76 Å². The van der Waals surface area contributed by atoms with E-state index in [4.69, 9.17) is 4.42 Å². The third-order valence-electron chi connectivity index (χ3n) is 1.97. The Balaban J connectivity index is 2.29. The standard InChI is InChI=1S/C10H14N2O4/c1-7(8-4-3-5-16-8)11-6-9(13)12-10(14)15-2/h3-5,7,11H,6H2,1-2H3,(H,12,13,14)/t7-/m1/s1. The summed E-state index contributed by atoms with van der Waals surface area (Å²) < 4.78 is 9.43. The van der Waals surface area contributed by atoms with Crippen molar-refractivity contribution >= 4 is 12.0 Å². The highest BCUT2D eigenvalue weighted by atomic mass is 16.5. The lowest BCUT2D eigenvalue weighted by molar-refractivity contribution is -0.119. The maximum absolute atomic E-state index is 11.2. The van der Waals surface area contributed by atoms with Crippen LogP contribution in [0, 0.1) is 0 Å². The topological polar surface area (TPSA) is 80.6 Å². The van der Waals surface area contributed by atoms with E-state index in [9.17, 15) is 9.59 Å².